The number of hydrogen-bond acceptors (Lipinski definition) is 1. The van der Waals surface area contributed by atoms with Gasteiger partial charge in [0.05, 0.1) is 5.41 Å². The standard InChI is InChI=1S/C55H32O/c1-2-17-34-33(15-1)16-13-25-38(34)52-39-21-3-5-23-41(39)53(42-24-6-4-22-40(42)52)43-26-14-30-50-54(43)45-31-44-37-20-9-12-29-48(37)55(49(44)32-51(45)56-50)46-27-10-7-18-35(46)36-19-8-11-28-47(36)55/h1-32H. The fourth-order valence-corrected chi connectivity index (χ4v) is 10.8. The van der Waals surface area contributed by atoms with Crippen LogP contribution in [0.5, 0.6) is 0 Å². The van der Waals surface area contributed by atoms with Crippen molar-refractivity contribution in [3.8, 4) is 44.5 Å². The zero-order chi connectivity index (χ0) is 36.5. The molecule has 56 heavy (non-hydrogen) atoms. The first kappa shape index (κ1) is 30.1. The molecule has 0 fully saturated rings. The van der Waals surface area contributed by atoms with E-state index in [1.165, 1.54) is 99.1 Å². The van der Waals surface area contributed by atoms with E-state index in [0.717, 1.165) is 21.9 Å². The molecular formula is C55H32O. The molecule has 1 aromatic heterocycles. The van der Waals surface area contributed by atoms with E-state index in [1.54, 1.807) is 0 Å². The summed E-state index contributed by atoms with van der Waals surface area (Å²) in [6, 6.07) is 71.8. The van der Waals surface area contributed by atoms with Gasteiger partial charge in [-0.15, -0.1) is 0 Å². The highest BCUT2D eigenvalue weighted by Crippen LogP contribution is 2.63. The van der Waals surface area contributed by atoms with Gasteiger partial charge in [0.2, 0.25) is 0 Å². The Hall–Kier alpha value is -7.22. The molecular weight excluding hydrogens is 677 g/mol. The zero-order valence-corrected chi connectivity index (χ0v) is 30.4. The van der Waals surface area contributed by atoms with Gasteiger partial charge in [-0.05, 0) is 117 Å². The number of rotatable bonds is 2. The summed E-state index contributed by atoms with van der Waals surface area (Å²) in [5, 5.41) is 9.78. The Morgan fingerprint density at radius 1 is 0.286 bits per heavy atom. The molecule has 0 saturated carbocycles. The van der Waals surface area contributed by atoms with Crippen LogP contribution in [0, 0.1) is 0 Å². The van der Waals surface area contributed by atoms with Crippen LogP contribution >= 0.6 is 0 Å². The maximum atomic E-state index is 6.98. The molecule has 1 heteroatoms. The Kier molecular flexibility index (Phi) is 5.89. The lowest BCUT2D eigenvalue weighted by atomic mass is 9.70. The van der Waals surface area contributed by atoms with Crippen LogP contribution in [0.4, 0.5) is 0 Å². The van der Waals surface area contributed by atoms with Crippen LogP contribution in [0.25, 0.3) is 98.8 Å². The third kappa shape index (κ3) is 3.70. The molecule has 0 radical (unpaired) electrons. The summed E-state index contributed by atoms with van der Waals surface area (Å²) in [6.45, 7) is 0. The first-order chi connectivity index (χ1) is 27.8. The molecule has 0 aliphatic heterocycles. The van der Waals surface area contributed by atoms with Gasteiger partial charge in [0, 0.05) is 10.8 Å². The summed E-state index contributed by atoms with van der Waals surface area (Å²) < 4.78 is 6.98. The van der Waals surface area contributed by atoms with Gasteiger partial charge in [0.15, 0.2) is 0 Å². The maximum Gasteiger partial charge on any atom is 0.136 e. The van der Waals surface area contributed by atoms with Gasteiger partial charge in [0.25, 0.3) is 0 Å². The normalized spacial score (nSPS) is 13.5. The lowest BCUT2D eigenvalue weighted by molar-refractivity contribution is 0.666. The Labute approximate surface area is 323 Å². The number of benzene rings is 10. The van der Waals surface area contributed by atoms with Gasteiger partial charge in [-0.25, -0.2) is 0 Å². The van der Waals surface area contributed by atoms with Crippen LogP contribution in [0.15, 0.2) is 199 Å². The van der Waals surface area contributed by atoms with E-state index in [0.29, 0.717) is 0 Å². The Balaban J connectivity index is 1.13. The lowest BCUT2D eigenvalue weighted by Gasteiger charge is -2.30. The monoisotopic (exact) mass is 708 g/mol. The number of hydrogen-bond donors (Lipinski definition) is 0. The minimum absolute atomic E-state index is 0.418. The molecule has 0 unspecified atom stereocenters. The van der Waals surface area contributed by atoms with Crippen molar-refractivity contribution in [1.29, 1.82) is 0 Å². The van der Waals surface area contributed by atoms with Crippen molar-refractivity contribution in [3.05, 3.63) is 216 Å². The first-order valence-electron chi connectivity index (χ1n) is 19.5. The Morgan fingerprint density at radius 3 is 1.36 bits per heavy atom. The first-order valence-corrected chi connectivity index (χ1v) is 19.5. The molecule has 0 atom stereocenters. The Morgan fingerprint density at radius 2 is 0.732 bits per heavy atom. The van der Waals surface area contributed by atoms with Crippen molar-refractivity contribution < 1.29 is 4.42 Å². The van der Waals surface area contributed by atoms with Crippen molar-refractivity contribution in [2.45, 2.75) is 5.41 Å². The lowest BCUT2D eigenvalue weighted by Crippen LogP contribution is -2.25. The zero-order valence-electron chi connectivity index (χ0n) is 30.4. The molecule has 0 saturated heterocycles. The van der Waals surface area contributed by atoms with E-state index in [1.807, 2.05) is 0 Å². The van der Waals surface area contributed by atoms with Crippen molar-refractivity contribution in [2.24, 2.45) is 0 Å². The second-order valence-electron chi connectivity index (χ2n) is 15.4. The predicted octanol–water partition coefficient (Wildman–Crippen LogP) is 14.7. The van der Waals surface area contributed by atoms with Crippen LogP contribution < -0.4 is 0 Å². The van der Waals surface area contributed by atoms with Crippen LogP contribution in [0.1, 0.15) is 22.3 Å². The van der Waals surface area contributed by atoms with Crippen molar-refractivity contribution in [2.75, 3.05) is 0 Å². The molecule has 11 aromatic rings. The molecule has 1 spiro atoms. The molecule has 10 aromatic carbocycles. The topological polar surface area (TPSA) is 13.1 Å². The number of furan rings is 1. The minimum Gasteiger partial charge on any atom is -0.456 e. The molecule has 1 heterocycles. The van der Waals surface area contributed by atoms with Crippen LogP contribution in [-0.2, 0) is 5.41 Å². The SMILES string of the molecule is c1ccc2c(c1)-c1ccccc1C21c2ccccc2-c2cc3c(cc21)oc1cccc(-c2c4ccccc4c(-c4cccc5ccccc45)c4ccccc24)c13. The van der Waals surface area contributed by atoms with Crippen LogP contribution in [0.2, 0.25) is 0 Å². The van der Waals surface area contributed by atoms with E-state index in [4.69, 9.17) is 4.42 Å². The summed E-state index contributed by atoms with van der Waals surface area (Å²) in [4.78, 5) is 0. The second kappa shape index (κ2) is 10.9. The molecule has 0 amide bonds. The van der Waals surface area contributed by atoms with Gasteiger partial charge in [-0.1, -0.05) is 176 Å². The molecule has 258 valence electrons. The quantitative estimate of drug-likeness (QED) is 0.163. The number of fused-ring (bicyclic) bond motifs is 16. The van der Waals surface area contributed by atoms with E-state index in [-0.39, 0.29) is 0 Å². The van der Waals surface area contributed by atoms with Crippen molar-refractivity contribution >= 4 is 54.3 Å². The second-order valence-corrected chi connectivity index (χ2v) is 15.4. The summed E-state index contributed by atoms with van der Waals surface area (Å²) in [7, 11) is 0. The highest BCUT2D eigenvalue weighted by Gasteiger charge is 2.51. The highest BCUT2D eigenvalue weighted by atomic mass is 16.3. The predicted molar refractivity (Wildman–Crippen MR) is 233 cm³/mol. The van der Waals surface area contributed by atoms with Gasteiger partial charge < -0.3 is 4.42 Å². The third-order valence-electron chi connectivity index (χ3n) is 12.9. The molecule has 0 bridgehead atoms. The van der Waals surface area contributed by atoms with E-state index >= 15 is 0 Å². The minimum atomic E-state index is -0.418. The average Bonchev–Trinajstić information content (AvgIpc) is 3.88. The third-order valence-corrected chi connectivity index (χ3v) is 12.9. The highest BCUT2D eigenvalue weighted by molar-refractivity contribution is 6.27. The smallest absolute Gasteiger partial charge is 0.136 e. The Bertz CT molecular complexity index is 3380. The molecule has 13 rings (SSSR count). The van der Waals surface area contributed by atoms with Gasteiger partial charge in [-0.3, -0.25) is 0 Å². The maximum absolute atomic E-state index is 6.98. The molecule has 0 N–H and O–H groups in total. The molecule has 2 aliphatic carbocycles. The van der Waals surface area contributed by atoms with E-state index in [9.17, 15) is 0 Å². The van der Waals surface area contributed by atoms with Gasteiger partial charge >= 0.3 is 0 Å². The summed E-state index contributed by atoms with van der Waals surface area (Å²) in [6.07, 6.45) is 0. The van der Waals surface area contributed by atoms with Crippen LogP contribution in [-0.4, -0.2) is 0 Å². The summed E-state index contributed by atoms with van der Waals surface area (Å²) >= 11 is 0. The summed E-state index contributed by atoms with van der Waals surface area (Å²) in [5.74, 6) is 0. The van der Waals surface area contributed by atoms with Gasteiger partial charge in [0.1, 0.15) is 11.2 Å². The van der Waals surface area contributed by atoms with Crippen molar-refractivity contribution in [1.82, 2.24) is 0 Å². The summed E-state index contributed by atoms with van der Waals surface area (Å²) in [5.41, 5.74) is 16.9. The largest absolute Gasteiger partial charge is 0.456 e. The molecule has 1 nitrogen and oxygen atoms in total. The fraction of sp³-hybridized carbons (Fsp3) is 0.0182. The van der Waals surface area contributed by atoms with E-state index in [2.05, 4.69) is 194 Å². The molecule has 2 aliphatic rings. The van der Waals surface area contributed by atoms with Gasteiger partial charge in [-0.2, -0.15) is 0 Å². The average molecular weight is 709 g/mol. The van der Waals surface area contributed by atoms with E-state index < -0.39 is 5.41 Å². The fourth-order valence-electron chi connectivity index (χ4n) is 10.8. The van der Waals surface area contributed by atoms with Crippen molar-refractivity contribution in [3.63, 3.8) is 0 Å². The van der Waals surface area contributed by atoms with Crippen LogP contribution in [0.3, 0.4) is 0 Å².